The van der Waals surface area contributed by atoms with Gasteiger partial charge in [0, 0.05) is 14.2 Å². The zero-order valence-corrected chi connectivity index (χ0v) is 73.4. The normalized spacial score (nSPS) is 22.4. The van der Waals surface area contributed by atoms with Gasteiger partial charge in [0.2, 0.25) is 0 Å². The molecule has 3 aliphatic rings. The minimum Gasteiger partial charge on any atom is -0.368 e. The largest absolute Gasteiger partial charge is 0.368 e. The zero-order valence-electron chi connectivity index (χ0n) is 73.4. The lowest BCUT2D eigenvalue weighted by molar-refractivity contribution is -0.343. The number of benzene rings is 12. The lowest BCUT2D eigenvalue weighted by Crippen LogP contribution is -2.67. The molecule has 19 heteroatoms. The molecule has 3 aliphatic heterocycles. The zero-order chi connectivity index (χ0) is 88.5. The molecule has 3 heterocycles. The minimum absolute atomic E-state index is 0.00158. The van der Waals surface area contributed by atoms with E-state index in [4.69, 9.17) is 85.3 Å². The van der Waals surface area contributed by atoms with E-state index in [1.165, 1.54) is 6.08 Å². The SMILES string of the molecule is CO[C@H]1O[C@H](C(OCc2ccccc2)[C@H](OCc2ccccc2)C(OCc2ccccc2)[C@@H](OCc2ccccc2)C(OCc2ccccc2)[C@H](/C=C/C(=O)[C@@H]2OC(C)(C)O[C@H]2[C@H]2O[C@H](OC)[C@H](OCc3ccccc3)[C@@H](OCc3ccccc3)[C@@H]2OCc2ccccc2)OCc2ccccc2)[C@@H](OCc2ccccc2)[C@H](OCc2ccccc2)[C@H]1OCc1ccccc1. The molecule has 0 amide bonds. The Labute approximate surface area is 757 Å². The van der Waals surface area contributed by atoms with Crippen molar-refractivity contribution in [3.05, 3.63) is 443 Å². The van der Waals surface area contributed by atoms with Crippen molar-refractivity contribution in [3.63, 3.8) is 0 Å². The summed E-state index contributed by atoms with van der Waals surface area (Å²) in [6.07, 6.45) is -17.0. The van der Waals surface area contributed by atoms with Crippen molar-refractivity contribution in [2.45, 2.75) is 209 Å². The molecule has 19 nitrogen and oxygen atoms in total. The van der Waals surface area contributed by atoms with E-state index in [1.54, 1.807) is 34.1 Å². The molecule has 129 heavy (non-hydrogen) atoms. The molecule has 0 aromatic heterocycles. The van der Waals surface area contributed by atoms with Crippen molar-refractivity contribution in [1.82, 2.24) is 0 Å². The monoisotopic (exact) mass is 1740 g/mol. The third kappa shape index (κ3) is 27.0. The van der Waals surface area contributed by atoms with Gasteiger partial charge in [-0.05, 0) is 92.8 Å². The number of hydrogen-bond donors (Lipinski definition) is 0. The van der Waals surface area contributed by atoms with Crippen LogP contribution < -0.4 is 0 Å². The summed E-state index contributed by atoms with van der Waals surface area (Å²) >= 11 is 0. The van der Waals surface area contributed by atoms with Gasteiger partial charge in [-0.3, -0.25) is 4.79 Å². The highest BCUT2D eigenvalue weighted by atomic mass is 16.8. The maximum absolute atomic E-state index is 16.6. The Kier molecular flexibility index (Phi) is 35.2. The fraction of sp³-hybridized carbons (Fsp3) is 0.318. The van der Waals surface area contributed by atoms with Crippen LogP contribution in [0.5, 0.6) is 0 Å². The molecule has 3 fully saturated rings. The average Bonchev–Trinajstić information content (AvgIpc) is 1.73. The standard InChI is InChI=1S/C110H116O19/c1-110(2)128-93(105(129-110)104-100(121-74-86-55-31-12-32-56-86)102(123-76-88-59-35-14-36-60-88)107(109(113-4)127-104)125-78-90-63-39-16-40-64-90)91(111)65-66-92(114-67-79-41-17-5-18-42-79)94(115-68-80-43-19-6-20-44-80)95(116-69-81-45-21-7-22-46-81)96(117-70-82-47-23-8-24-48-82)97(118-71-83-49-25-9-26-50-83)98(119-72-84-51-27-10-28-52-84)103-99(120-73-85-53-29-11-30-54-85)101(122-75-87-57-33-13-34-58-87)106(108(112-3)126-103)124-77-89-61-37-15-38-62-89/h5-66,92-109H,67-78H2,1-4H3/b66-65+/t92-,93-,94?,95-,96?,97+,98?,99-,100-,101-,102-,103+,104-,105+,106+,107+,108-,109-/m0/s1. The Bertz CT molecular complexity index is 5170. The van der Waals surface area contributed by atoms with Crippen LogP contribution in [0.1, 0.15) is 80.6 Å². The Morgan fingerprint density at radius 1 is 0.279 bits per heavy atom. The summed E-state index contributed by atoms with van der Waals surface area (Å²) in [4.78, 5) is 16.6. The van der Waals surface area contributed by atoms with Crippen LogP contribution in [0.4, 0.5) is 0 Å². The van der Waals surface area contributed by atoms with Crippen LogP contribution in [0.3, 0.4) is 0 Å². The lowest BCUT2D eigenvalue weighted by atomic mass is 9.87. The van der Waals surface area contributed by atoms with Crippen LogP contribution in [0.25, 0.3) is 0 Å². The van der Waals surface area contributed by atoms with E-state index in [9.17, 15) is 0 Å². The molecule has 0 saturated carbocycles. The number of ketones is 1. The summed E-state index contributed by atoms with van der Waals surface area (Å²) in [5.41, 5.74) is 10.4. The van der Waals surface area contributed by atoms with Gasteiger partial charge in [0.05, 0.1) is 79.3 Å². The Hall–Kier alpha value is -10.7. The second-order valence-corrected chi connectivity index (χ2v) is 32.8. The van der Waals surface area contributed by atoms with Crippen LogP contribution in [-0.4, -0.2) is 136 Å². The molecule has 670 valence electrons. The van der Waals surface area contributed by atoms with Crippen LogP contribution in [0, 0.1) is 0 Å². The first-order valence-corrected chi connectivity index (χ1v) is 44.4. The summed E-state index contributed by atoms with van der Waals surface area (Å²) in [7, 11) is 3.17. The van der Waals surface area contributed by atoms with E-state index < -0.39 is 122 Å². The van der Waals surface area contributed by atoms with Gasteiger partial charge in [-0.2, -0.15) is 0 Å². The maximum atomic E-state index is 16.6. The van der Waals surface area contributed by atoms with E-state index in [0.717, 1.165) is 66.8 Å². The van der Waals surface area contributed by atoms with Gasteiger partial charge in [-0.25, -0.2) is 0 Å². The second-order valence-electron chi connectivity index (χ2n) is 32.8. The van der Waals surface area contributed by atoms with Gasteiger partial charge < -0.3 is 85.3 Å². The van der Waals surface area contributed by atoms with Crippen molar-refractivity contribution in [3.8, 4) is 0 Å². The van der Waals surface area contributed by atoms with Crippen LogP contribution in [0.2, 0.25) is 0 Å². The van der Waals surface area contributed by atoms with Crippen LogP contribution >= 0.6 is 0 Å². The van der Waals surface area contributed by atoms with Gasteiger partial charge >= 0.3 is 0 Å². The van der Waals surface area contributed by atoms with E-state index >= 15 is 4.79 Å². The predicted molar refractivity (Wildman–Crippen MR) is 490 cm³/mol. The molecule has 15 rings (SSSR count). The summed E-state index contributed by atoms with van der Waals surface area (Å²) < 4.78 is 132. The maximum Gasteiger partial charge on any atom is 0.187 e. The number of methoxy groups -OCH3 is 2. The molecule has 12 aromatic carbocycles. The average molecular weight is 1740 g/mol. The third-order valence-electron chi connectivity index (χ3n) is 23.1. The van der Waals surface area contributed by atoms with Gasteiger partial charge in [0.15, 0.2) is 30.3 Å². The van der Waals surface area contributed by atoms with Gasteiger partial charge in [0.25, 0.3) is 0 Å². The Morgan fingerprint density at radius 3 is 0.868 bits per heavy atom. The van der Waals surface area contributed by atoms with E-state index in [2.05, 4.69) is 0 Å². The minimum atomic E-state index is -1.38. The first-order chi connectivity index (χ1) is 63.5. The molecule has 0 aliphatic carbocycles. The number of hydrogen-bond acceptors (Lipinski definition) is 19. The first kappa shape index (κ1) is 93.0. The van der Waals surface area contributed by atoms with Crippen molar-refractivity contribution in [1.29, 1.82) is 0 Å². The lowest BCUT2D eigenvalue weighted by Gasteiger charge is -2.50. The molecule has 12 aromatic rings. The van der Waals surface area contributed by atoms with Crippen molar-refractivity contribution in [2.24, 2.45) is 0 Å². The fourth-order valence-electron chi connectivity index (χ4n) is 16.6. The van der Waals surface area contributed by atoms with Crippen molar-refractivity contribution >= 4 is 5.78 Å². The highest BCUT2D eigenvalue weighted by Crippen LogP contribution is 2.42. The topological polar surface area (TPSA) is 183 Å². The van der Waals surface area contributed by atoms with E-state index in [0.29, 0.717) is 0 Å². The molecule has 0 N–H and O–H groups in total. The first-order valence-electron chi connectivity index (χ1n) is 44.4. The smallest absolute Gasteiger partial charge is 0.187 e. The molecule has 0 radical (unpaired) electrons. The Morgan fingerprint density at radius 2 is 0.535 bits per heavy atom. The molecule has 3 saturated heterocycles. The fourth-order valence-corrected chi connectivity index (χ4v) is 16.6. The molecule has 18 atom stereocenters. The van der Waals surface area contributed by atoms with Crippen molar-refractivity contribution < 1.29 is 90.1 Å². The van der Waals surface area contributed by atoms with Gasteiger partial charge in [-0.1, -0.05) is 364 Å². The highest BCUT2D eigenvalue weighted by Gasteiger charge is 2.59. The number of ether oxygens (including phenoxy) is 18. The molecule has 0 spiro atoms. The number of carbonyl (C=O) groups is 1. The quantitative estimate of drug-likeness (QED) is 0.0328. The molecular weight excluding hydrogens is 1630 g/mol. The summed E-state index contributed by atoms with van der Waals surface area (Å²) in [5.74, 6) is -1.88. The van der Waals surface area contributed by atoms with Gasteiger partial charge in [0.1, 0.15) is 91.6 Å². The van der Waals surface area contributed by atoms with Crippen molar-refractivity contribution in [2.75, 3.05) is 14.2 Å². The van der Waals surface area contributed by atoms with Crippen LogP contribution in [0.15, 0.2) is 376 Å². The molecule has 3 unspecified atom stereocenters. The van der Waals surface area contributed by atoms with Crippen LogP contribution in [-0.2, 0) is 169 Å². The molecule has 0 bridgehead atoms. The highest BCUT2D eigenvalue weighted by molar-refractivity contribution is 5.94. The third-order valence-corrected chi connectivity index (χ3v) is 23.1. The summed E-state index contributed by atoms with van der Waals surface area (Å²) in [6, 6.07) is 119. The second kappa shape index (κ2) is 48.8. The Balaban J connectivity index is 0.894. The summed E-state index contributed by atoms with van der Waals surface area (Å²) in [5, 5.41) is 0. The predicted octanol–water partition coefficient (Wildman–Crippen LogP) is 19.4. The van der Waals surface area contributed by atoms with Gasteiger partial charge in [-0.15, -0.1) is 0 Å². The summed E-state index contributed by atoms with van der Waals surface area (Å²) in [6.45, 7) is 4.51. The molecular formula is C110H116O19. The van der Waals surface area contributed by atoms with E-state index in [-0.39, 0.29) is 79.3 Å². The van der Waals surface area contributed by atoms with E-state index in [1.807, 2.05) is 364 Å². The number of rotatable bonds is 48. The number of carbonyl (C=O) groups excluding carboxylic acids is 1.